The van der Waals surface area contributed by atoms with Crippen LogP contribution in [-0.4, -0.2) is 55.1 Å². The Morgan fingerprint density at radius 2 is 1.70 bits per heavy atom. The molecule has 0 bridgehead atoms. The normalized spacial score (nSPS) is 11.5. The third-order valence-corrected chi connectivity index (χ3v) is 6.82. The SMILES string of the molecule is CC(C)(C)OC(=O)Nc1ccc(C(=O)O)c(CCCOc2c(O)cccc2C(=O)OCC[Si](C)(C)C)c1. The number of aromatic hydroxyl groups is 1. The topological polar surface area (TPSA) is 131 Å². The number of nitrogens with one attached hydrogen (secondary N) is 1. The molecule has 0 heterocycles. The second kappa shape index (κ2) is 12.6. The minimum absolute atomic E-state index is 0.0271. The molecule has 2 rings (SSSR count). The number of carbonyl (C=O) groups is 3. The van der Waals surface area contributed by atoms with E-state index in [1.54, 1.807) is 32.9 Å². The lowest BCUT2D eigenvalue weighted by Crippen LogP contribution is -2.27. The predicted molar refractivity (Wildman–Crippen MR) is 144 cm³/mol. The van der Waals surface area contributed by atoms with Gasteiger partial charge in [0.1, 0.15) is 11.2 Å². The van der Waals surface area contributed by atoms with Crippen LogP contribution in [0.2, 0.25) is 25.7 Å². The lowest BCUT2D eigenvalue weighted by molar-refractivity contribution is 0.0518. The van der Waals surface area contributed by atoms with E-state index in [0.717, 1.165) is 6.04 Å². The van der Waals surface area contributed by atoms with Crippen LogP contribution in [0.3, 0.4) is 0 Å². The number of phenolic OH excluding ortho intramolecular Hbond substituents is 1. The summed E-state index contributed by atoms with van der Waals surface area (Å²) in [7, 11) is -1.37. The molecule has 0 aromatic heterocycles. The molecule has 9 nitrogen and oxygen atoms in total. The fourth-order valence-corrected chi connectivity index (χ4v) is 4.02. The molecule has 37 heavy (non-hydrogen) atoms. The third kappa shape index (κ3) is 10.2. The van der Waals surface area contributed by atoms with Crippen molar-refractivity contribution in [1.29, 1.82) is 0 Å². The van der Waals surface area contributed by atoms with E-state index >= 15 is 0 Å². The zero-order chi connectivity index (χ0) is 27.8. The fraction of sp³-hybridized carbons (Fsp3) is 0.444. The van der Waals surface area contributed by atoms with Crippen molar-refractivity contribution in [3.63, 3.8) is 0 Å². The molecular formula is C27H37NO8Si. The molecule has 3 N–H and O–H groups in total. The van der Waals surface area contributed by atoms with Gasteiger partial charge < -0.3 is 24.4 Å². The molecule has 0 saturated heterocycles. The zero-order valence-corrected chi connectivity index (χ0v) is 23.3. The maximum Gasteiger partial charge on any atom is 0.412 e. The van der Waals surface area contributed by atoms with Crippen LogP contribution in [0, 0.1) is 0 Å². The second-order valence-corrected chi connectivity index (χ2v) is 16.5. The van der Waals surface area contributed by atoms with Crippen molar-refractivity contribution in [2.45, 2.75) is 64.9 Å². The van der Waals surface area contributed by atoms with Crippen molar-refractivity contribution in [3.05, 3.63) is 53.1 Å². The molecule has 2 aromatic rings. The molecule has 0 radical (unpaired) electrons. The lowest BCUT2D eigenvalue weighted by Gasteiger charge is -2.20. The Morgan fingerprint density at radius 3 is 2.32 bits per heavy atom. The van der Waals surface area contributed by atoms with Crippen molar-refractivity contribution in [1.82, 2.24) is 0 Å². The van der Waals surface area contributed by atoms with Gasteiger partial charge in [-0.2, -0.15) is 0 Å². The van der Waals surface area contributed by atoms with E-state index in [-0.39, 0.29) is 29.2 Å². The number of para-hydroxylation sites is 1. The summed E-state index contributed by atoms with van der Waals surface area (Å²) >= 11 is 0. The van der Waals surface area contributed by atoms with Gasteiger partial charge in [0, 0.05) is 13.8 Å². The summed E-state index contributed by atoms with van der Waals surface area (Å²) in [5, 5.41) is 22.4. The summed E-state index contributed by atoms with van der Waals surface area (Å²) in [5.74, 6) is -1.82. The van der Waals surface area contributed by atoms with Crippen molar-refractivity contribution < 1.29 is 38.8 Å². The molecule has 2 aromatic carbocycles. The second-order valence-electron chi connectivity index (χ2n) is 10.9. The number of carboxylic acids is 1. The maximum atomic E-state index is 12.6. The summed E-state index contributed by atoms with van der Waals surface area (Å²) in [6.45, 7) is 12.2. The van der Waals surface area contributed by atoms with Crippen LogP contribution >= 0.6 is 0 Å². The van der Waals surface area contributed by atoms with E-state index in [9.17, 15) is 24.6 Å². The van der Waals surface area contributed by atoms with E-state index in [1.165, 1.54) is 24.3 Å². The van der Waals surface area contributed by atoms with Gasteiger partial charge in [-0.3, -0.25) is 5.32 Å². The van der Waals surface area contributed by atoms with E-state index in [1.807, 2.05) is 0 Å². The largest absolute Gasteiger partial charge is 0.504 e. The highest BCUT2D eigenvalue weighted by molar-refractivity contribution is 6.76. The highest BCUT2D eigenvalue weighted by atomic mass is 28.3. The molecule has 0 atom stereocenters. The van der Waals surface area contributed by atoms with Gasteiger partial charge in [0.25, 0.3) is 0 Å². The molecule has 0 spiro atoms. The number of rotatable bonds is 11. The van der Waals surface area contributed by atoms with Crippen LogP contribution in [0.5, 0.6) is 11.5 Å². The average molecular weight is 532 g/mol. The first-order valence-electron chi connectivity index (χ1n) is 12.1. The molecule has 0 aliphatic rings. The summed E-state index contributed by atoms with van der Waals surface area (Å²) < 4.78 is 16.4. The van der Waals surface area contributed by atoms with Crippen molar-refractivity contribution >= 4 is 31.8 Å². The molecule has 0 unspecified atom stereocenters. The summed E-state index contributed by atoms with van der Waals surface area (Å²) in [6.07, 6.45) is 0.0533. The zero-order valence-electron chi connectivity index (χ0n) is 22.3. The van der Waals surface area contributed by atoms with Crippen LogP contribution in [0.4, 0.5) is 10.5 Å². The Kier molecular flexibility index (Phi) is 10.1. The number of hydrogen-bond donors (Lipinski definition) is 3. The number of ether oxygens (including phenoxy) is 3. The van der Waals surface area contributed by atoms with Crippen LogP contribution in [0.25, 0.3) is 0 Å². The molecule has 202 valence electrons. The van der Waals surface area contributed by atoms with E-state index in [0.29, 0.717) is 30.7 Å². The quantitative estimate of drug-likeness (QED) is 0.184. The van der Waals surface area contributed by atoms with Crippen molar-refractivity contribution in [2.75, 3.05) is 18.5 Å². The van der Waals surface area contributed by atoms with Crippen LogP contribution in [0.1, 0.15) is 53.5 Å². The van der Waals surface area contributed by atoms with Crippen molar-refractivity contribution in [3.8, 4) is 11.5 Å². The summed E-state index contributed by atoms with van der Waals surface area (Å²) in [6, 6.07) is 9.80. The van der Waals surface area contributed by atoms with Crippen LogP contribution in [0.15, 0.2) is 36.4 Å². The Morgan fingerprint density at radius 1 is 1.00 bits per heavy atom. The average Bonchev–Trinajstić information content (AvgIpc) is 2.75. The Bertz CT molecular complexity index is 1120. The predicted octanol–water partition coefficient (Wildman–Crippen LogP) is 5.94. The first kappa shape index (κ1) is 29.7. The Labute approximate surface area is 218 Å². The monoisotopic (exact) mass is 531 g/mol. The number of amides is 1. The number of hydrogen-bond acceptors (Lipinski definition) is 7. The van der Waals surface area contributed by atoms with Gasteiger partial charge in [-0.05, 0) is 75.6 Å². The van der Waals surface area contributed by atoms with Gasteiger partial charge in [0.05, 0.1) is 18.8 Å². The van der Waals surface area contributed by atoms with Gasteiger partial charge in [-0.25, -0.2) is 14.4 Å². The summed E-state index contributed by atoms with van der Waals surface area (Å²) in [5.41, 5.74) is 0.454. The number of aryl methyl sites for hydroxylation is 1. The lowest BCUT2D eigenvalue weighted by atomic mass is 10.0. The summed E-state index contributed by atoms with van der Waals surface area (Å²) in [4.78, 5) is 36.3. The Balaban J connectivity index is 2.05. The standard InChI is InChI=1S/C27H37NO8Si/c1-27(2,3)36-26(33)28-19-12-13-20(24(30)31)18(17-19)9-8-14-34-23-21(10-7-11-22(23)29)25(32)35-15-16-37(4,5)6/h7,10-13,17,29H,8-9,14-16H2,1-6H3,(H,28,33)(H,30,31). The fourth-order valence-electron chi connectivity index (χ4n) is 3.31. The highest BCUT2D eigenvalue weighted by Gasteiger charge is 2.20. The number of carbonyl (C=O) groups excluding carboxylic acids is 2. The number of anilines is 1. The molecule has 10 heteroatoms. The third-order valence-electron chi connectivity index (χ3n) is 5.12. The minimum Gasteiger partial charge on any atom is -0.504 e. The van der Waals surface area contributed by atoms with Gasteiger partial charge in [-0.1, -0.05) is 25.7 Å². The minimum atomic E-state index is -1.37. The van der Waals surface area contributed by atoms with E-state index < -0.39 is 31.7 Å². The smallest absolute Gasteiger partial charge is 0.412 e. The molecular weight excluding hydrogens is 494 g/mol. The number of esters is 1. The molecule has 1 amide bonds. The highest BCUT2D eigenvalue weighted by Crippen LogP contribution is 2.31. The van der Waals surface area contributed by atoms with Crippen molar-refractivity contribution in [2.24, 2.45) is 0 Å². The molecule has 0 fully saturated rings. The number of phenols is 1. The van der Waals surface area contributed by atoms with E-state index in [2.05, 4.69) is 25.0 Å². The maximum absolute atomic E-state index is 12.6. The molecule has 0 saturated carbocycles. The van der Waals surface area contributed by atoms with Gasteiger partial charge >= 0.3 is 18.0 Å². The van der Waals surface area contributed by atoms with Gasteiger partial charge in [-0.15, -0.1) is 0 Å². The first-order chi connectivity index (χ1) is 17.2. The van der Waals surface area contributed by atoms with Crippen LogP contribution in [-0.2, 0) is 15.9 Å². The first-order valence-corrected chi connectivity index (χ1v) is 15.8. The number of benzene rings is 2. The molecule has 0 aliphatic carbocycles. The van der Waals surface area contributed by atoms with Gasteiger partial charge in [0.2, 0.25) is 0 Å². The number of carboxylic acid groups (broad SMARTS) is 1. The Hall–Kier alpha value is -3.53. The van der Waals surface area contributed by atoms with Crippen LogP contribution < -0.4 is 10.1 Å². The molecule has 0 aliphatic heterocycles. The number of aromatic carboxylic acids is 1. The van der Waals surface area contributed by atoms with E-state index in [4.69, 9.17) is 14.2 Å². The van der Waals surface area contributed by atoms with Gasteiger partial charge in [0.15, 0.2) is 11.5 Å².